The minimum Gasteiger partial charge on any atom is -0.456 e. The highest BCUT2D eigenvalue weighted by Gasteiger charge is 2.10. The van der Waals surface area contributed by atoms with E-state index in [1.807, 2.05) is 19.1 Å². The zero-order valence-corrected chi connectivity index (χ0v) is 25.0. The van der Waals surface area contributed by atoms with Gasteiger partial charge < -0.3 is 4.74 Å². The van der Waals surface area contributed by atoms with Gasteiger partial charge in [0.25, 0.3) is 0 Å². The minimum absolute atomic E-state index is 0.358. The van der Waals surface area contributed by atoms with E-state index >= 15 is 0 Å². The zero-order valence-electron chi connectivity index (χ0n) is 25.0. The number of aryl methyl sites for hydroxylation is 6. The maximum absolute atomic E-state index is 11.9. The van der Waals surface area contributed by atoms with Gasteiger partial charge in [-0.25, -0.2) is 0 Å². The van der Waals surface area contributed by atoms with Crippen LogP contribution in [0.4, 0.5) is 8.78 Å². The second-order valence-corrected chi connectivity index (χ2v) is 10.1. The Labute approximate surface area is 245 Å². The van der Waals surface area contributed by atoms with Crippen LogP contribution in [0.5, 0.6) is 5.75 Å². The molecule has 0 saturated carbocycles. The molecule has 0 aromatic heterocycles. The third kappa shape index (κ3) is 12.7. The van der Waals surface area contributed by atoms with Crippen LogP contribution in [-0.2, 0) is 19.3 Å². The molecule has 0 unspecified atom stereocenters. The van der Waals surface area contributed by atoms with Gasteiger partial charge in [-0.3, -0.25) is 0 Å². The molecule has 4 aromatic rings. The van der Waals surface area contributed by atoms with Crippen LogP contribution >= 0.6 is 0 Å². The first-order chi connectivity index (χ1) is 19.6. The summed E-state index contributed by atoms with van der Waals surface area (Å²) in [6, 6.07) is 30.4. The molecule has 1 aliphatic carbocycles. The van der Waals surface area contributed by atoms with E-state index in [0.29, 0.717) is 5.75 Å². The Bertz CT molecular complexity index is 1390. The van der Waals surface area contributed by atoms with E-state index < -0.39 is 6.08 Å². The first kappa shape index (κ1) is 33.0. The molecule has 41 heavy (non-hydrogen) atoms. The maximum atomic E-state index is 11.9. The lowest BCUT2D eigenvalue weighted by atomic mass is 9.88. The SMILES string of the molecule is C=CCc1ccc(C)cc1.C=Cc1ccc(C)cc1.CC(Oc1ccc(C)cc1)=C(F)F.Cc1ccc2c(c1)CC2. The third-order valence-electron chi connectivity index (χ3n) is 6.40. The van der Waals surface area contributed by atoms with Crippen LogP contribution in [0.1, 0.15) is 51.4 Å². The van der Waals surface area contributed by atoms with Crippen molar-refractivity contribution in [2.24, 2.45) is 0 Å². The molecule has 4 aromatic carbocycles. The molecular formula is C38H42F2O. The summed E-state index contributed by atoms with van der Waals surface area (Å²) >= 11 is 0. The Morgan fingerprint density at radius 1 is 0.683 bits per heavy atom. The average Bonchev–Trinajstić information content (AvgIpc) is 2.95. The van der Waals surface area contributed by atoms with Crippen molar-refractivity contribution in [2.45, 2.75) is 53.9 Å². The minimum atomic E-state index is -1.79. The summed E-state index contributed by atoms with van der Waals surface area (Å²) in [6.45, 7) is 16.8. The highest BCUT2D eigenvalue weighted by molar-refractivity contribution is 5.47. The second kappa shape index (κ2) is 17.5. The molecule has 1 aliphatic rings. The van der Waals surface area contributed by atoms with Crippen LogP contribution in [0.3, 0.4) is 0 Å². The van der Waals surface area contributed by atoms with Crippen LogP contribution in [0.25, 0.3) is 6.08 Å². The van der Waals surface area contributed by atoms with Crippen LogP contribution in [-0.4, -0.2) is 0 Å². The number of halogens is 2. The second-order valence-electron chi connectivity index (χ2n) is 10.1. The molecule has 0 fully saturated rings. The van der Waals surface area contributed by atoms with Gasteiger partial charge in [0.2, 0.25) is 0 Å². The summed E-state index contributed by atoms with van der Waals surface area (Å²) in [4.78, 5) is 0. The van der Waals surface area contributed by atoms with E-state index in [-0.39, 0.29) is 5.76 Å². The van der Waals surface area contributed by atoms with E-state index in [1.54, 1.807) is 35.4 Å². The molecule has 0 spiro atoms. The number of benzene rings is 4. The van der Waals surface area contributed by atoms with Gasteiger partial charge in [0.05, 0.1) is 0 Å². The summed E-state index contributed by atoms with van der Waals surface area (Å²) in [5, 5.41) is 0. The van der Waals surface area contributed by atoms with Gasteiger partial charge >= 0.3 is 6.08 Å². The fourth-order valence-electron chi connectivity index (χ4n) is 3.74. The summed E-state index contributed by atoms with van der Waals surface area (Å²) in [6.07, 6.45) is 5.55. The molecule has 0 radical (unpaired) electrons. The molecule has 3 heteroatoms. The van der Waals surface area contributed by atoms with Crippen molar-refractivity contribution in [3.8, 4) is 5.75 Å². The molecular weight excluding hydrogens is 510 g/mol. The Morgan fingerprint density at radius 2 is 1.17 bits per heavy atom. The normalized spacial score (nSPS) is 10.4. The zero-order chi connectivity index (χ0) is 30.2. The predicted molar refractivity (Wildman–Crippen MR) is 172 cm³/mol. The number of hydrogen-bond donors (Lipinski definition) is 0. The highest BCUT2D eigenvalue weighted by Crippen LogP contribution is 2.23. The van der Waals surface area contributed by atoms with Crippen molar-refractivity contribution >= 4 is 6.08 Å². The van der Waals surface area contributed by atoms with Gasteiger partial charge in [-0.15, -0.1) is 6.58 Å². The van der Waals surface area contributed by atoms with Gasteiger partial charge in [0, 0.05) is 0 Å². The van der Waals surface area contributed by atoms with E-state index in [2.05, 4.69) is 101 Å². The summed E-state index contributed by atoms with van der Waals surface area (Å²) in [5.41, 5.74) is 10.7. The largest absolute Gasteiger partial charge is 0.456 e. The Kier molecular flexibility index (Phi) is 14.0. The van der Waals surface area contributed by atoms with Gasteiger partial charge in [-0.1, -0.05) is 120 Å². The van der Waals surface area contributed by atoms with Gasteiger partial charge in [0.15, 0.2) is 5.76 Å². The topological polar surface area (TPSA) is 9.23 Å². The molecule has 0 aliphatic heterocycles. The lowest BCUT2D eigenvalue weighted by Crippen LogP contribution is -2.07. The van der Waals surface area contributed by atoms with E-state index in [1.165, 1.54) is 47.6 Å². The van der Waals surface area contributed by atoms with Crippen LogP contribution in [0.15, 0.2) is 122 Å². The molecule has 0 saturated heterocycles. The van der Waals surface area contributed by atoms with E-state index in [9.17, 15) is 8.78 Å². The smallest absolute Gasteiger partial charge is 0.307 e. The molecule has 0 heterocycles. The van der Waals surface area contributed by atoms with Crippen molar-refractivity contribution in [1.82, 2.24) is 0 Å². The van der Waals surface area contributed by atoms with Crippen molar-refractivity contribution in [3.05, 3.63) is 167 Å². The fourth-order valence-corrected chi connectivity index (χ4v) is 3.74. The first-order valence-electron chi connectivity index (χ1n) is 13.8. The number of rotatable bonds is 5. The standard InChI is InChI=1S/C10H10F2O.C10H12.2C9H10/c1-7-3-5-9(6-4-7)13-8(2)10(11)12;1-3-4-10-7-5-9(2)6-8-10;1-7-2-3-8-4-5-9(8)6-7;1-3-9-6-4-8(2)5-7-9/h3-6H,1-2H3;3,5-8H,1,4H2,2H3;2-3,6H,4-5H2,1H3;3-7H,1H2,2H3. The molecule has 5 rings (SSSR count). The summed E-state index contributed by atoms with van der Waals surface area (Å²) < 4.78 is 28.8. The lowest BCUT2D eigenvalue weighted by molar-refractivity contribution is 0.330. The molecule has 1 nitrogen and oxygen atoms in total. The van der Waals surface area contributed by atoms with E-state index in [4.69, 9.17) is 4.74 Å². The molecule has 0 amide bonds. The number of allylic oxidation sites excluding steroid dienone is 2. The molecule has 0 N–H and O–H groups in total. The maximum Gasteiger partial charge on any atom is 0.307 e. The van der Waals surface area contributed by atoms with Crippen LogP contribution < -0.4 is 4.74 Å². The van der Waals surface area contributed by atoms with Gasteiger partial charge in [-0.2, -0.15) is 8.78 Å². The molecule has 0 atom stereocenters. The van der Waals surface area contributed by atoms with Crippen molar-refractivity contribution in [3.63, 3.8) is 0 Å². The fraction of sp³-hybridized carbons (Fsp3) is 0.211. The Hall–Kier alpha value is -4.24. The number of hydrogen-bond acceptors (Lipinski definition) is 1. The molecule has 0 bridgehead atoms. The van der Waals surface area contributed by atoms with Crippen molar-refractivity contribution < 1.29 is 13.5 Å². The van der Waals surface area contributed by atoms with Gasteiger partial charge in [-0.05, 0) is 88.3 Å². The Morgan fingerprint density at radius 3 is 1.59 bits per heavy atom. The Balaban J connectivity index is 0.000000193. The van der Waals surface area contributed by atoms with Gasteiger partial charge in [0.1, 0.15) is 5.75 Å². The van der Waals surface area contributed by atoms with Crippen molar-refractivity contribution in [2.75, 3.05) is 0 Å². The van der Waals surface area contributed by atoms with Crippen molar-refractivity contribution in [1.29, 1.82) is 0 Å². The van der Waals surface area contributed by atoms with Crippen LogP contribution in [0.2, 0.25) is 0 Å². The lowest BCUT2D eigenvalue weighted by Gasteiger charge is -2.18. The number of fused-ring (bicyclic) bond motifs is 1. The predicted octanol–water partition coefficient (Wildman–Crippen LogP) is 11.0. The summed E-state index contributed by atoms with van der Waals surface area (Å²) in [7, 11) is 0. The quantitative estimate of drug-likeness (QED) is 0.177. The first-order valence-corrected chi connectivity index (χ1v) is 13.8. The summed E-state index contributed by atoms with van der Waals surface area (Å²) in [5.74, 6) is 0.0692. The van der Waals surface area contributed by atoms with E-state index in [0.717, 1.165) is 12.0 Å². The van der Waals surface area contributed by atoms with Crippen LogP contribution in [0, 0.1) is 27.7 Å². The number of ether oxygens (including phenoxy) is 1. The average molecular weight is 553 g/mol. The third-order valence-corrected chi connectivity index (χ3v) is 6.40. The monoisotopic (exact) mass is 552 g/mol. The molecule has 214 valence electrons. The highest BCUT2D eigenvalue weighted by atomic mass is 19.3.